The van der Waals surface area contributed by atoms with Crippen LogP contribution in [0.15, 0.2) is 18.2 Å². The van der Waals surface area contributed by atoms with Crippen molar-refractivity contribution in [2.75, 3.05) is 24.6 Å². The zero-order valence-electron chi connectivity index (χ0n) is 9.05. The summed E-state index contributed by atoms with van der Waals surface area (Å²) >= 11 is 0. The van der Waals surface area contributed by atoms with E-state index in [0.29, 0.717) is 11.4 Å². The lowest BCUT2D eigenvalue weighted by molar-refractivity contribution is 0.0795. The van der Waals surface area contributed by atoms with Crippen LogP contribution in [-0.2, 0) is 0 Å². The van der Waals surface area contributed by atoms with Gasteiger partial charge in [-0.3, -0.25) is 4.79 Å². The average Bonchev–Trinajstić information content (AvgIpc) is 2.26. The van der Waals surface area contributed by atoms with Crippen molar-refractivity contribution in [2.45, 2.75) is 0 Å². The van der Waals surface area contributed by atoms with Crippen LogP contribution < -0.4 is 11.5 Å². The number of amides is 1. The minimum atomic E-state index is -0.438. The Labute approximate surface area is 98.6 Å². The predicted octanol–water partition coefficient (Wildman–Crippen LogP) is 0.340. The quantitative estimate of drug-likeness (QED) is 0.572. The van der Waals surface area contributed by atoms with Crippen LogP contribution in [0.4, 0.5) is 11.4 Å². The first kappa shape index (κ1) is 12.3. The molecule has 17 heavy (non-hydrogen) atoms. The molecule has 0 aliphatic heterocycles. The number of rotatable bonds is 3. The molecule has 1 aromatic carbocycles. The van der Waals surface area contributed by atoms with Crippen LogP contribution in [0.25, 0.3) is 0 Å². The highest BCUT2D eigenvalue weighted by atomic mass is 16.2. The molecule has 6 heteroatoms. The largest absolute Gasteiger partial charge is 0.399 e. The van der Waals surface area contributed by atoms with Gasteiger partial charge in [0.1, 0.15) is 13.1 Å². The summed E-state index contributed by atoms with van der Waals surface area (Å²) in [6, 6.07) is 8.09. The Morgan fingerprint density at radius 3 is 2.00 bits per heavy atom. The van der Waals surface area contributed by atoms with Gasteiger partial charge in [-0.2, -0.15) is 10.5 Å². The van der Waals surface area contributed by atoms with E-state index in [1.165, 1.54) is 18.2 Å². The lowest BCUT2D eigenvalue weighted by atomic mass is 10.1. The van der Waals surface area contributed by atoms with Gasteiger partial charge in [-0.05, 0) is 18.2 Å². The fraction of sp³-hybridized carbons (Fsp3) is 0.182. The Balaban J connectivity index is 3.02. The number of hydrogen-bond acceptors (Lipinski definition) is 5. The molecule has 0 aliphatic carbocycles. The molecule has 0 fully saturated rings. The molecule has 0 radical (unpaired) electrons. The molecule has 0 bridgehead atoms. The molecule has 0 atom stereocenters. The maximum atomic E-state index is 11.9. The van der Waals surface area contributed by atoms with Gasteiger partial charge < -0.3 is 16.4 Å². The minimum absolute atomic E-state index is 0.152. The molecule has 0 saturated heterocycles. The van der Waals surface area contributed by atoms with Crippen molar-refractivity contribution in [3.8, 4) is 12.1 Å². The Morgan fingerprint density at radius 1 is 1.12 bits per heavy atom. The third-order valence-corrected chi connectivity index (χ3v) is 2.03. The zero-order chi connectivity index (χ0) is 12.8. The number of anilines is 2. The van der Waals surface area contributed by atoms with Crippen LogP contribution in [0.1, 0.15) is 10.4 Å². The number of carbonyl (C=O) groups is 1. The number of benzene rings is 1. The lowest BCUT2D eigenvalue weighted by Gasteiger charge is -2.16. The van der Waals surface area contributed by atoms with Crippen LogP contribution in [0.3, 0.4) is 0 Å². The molecule has 1 aromatic rings. The van der Waals surface area contributed by atoms with E-state index in [-0.39, 0.29) is 18.7 Å². The van der Waals surface area contributed by atoms with Crippen LogP contribution in [-0.4, -0.2) is 23.9 Å². The smallest absolute Gasteiger partial charge is 0.255 e. The van der Waals surface area contributed by atoms with Gasteiger partial charge in [0.25, 0.3) is 5.91 Å². The van der Waals surface area contributed by atoms with Gasteiger partial charge in [0, 0.05) is 16.9 Å². The van der Waals surface area contributed by atoms with Crippen LogP contribution in [0.2, 0.25) is 0 Å². The summed E-state index contributed by atoms with van der Waals surface area (Å²) in [5, 5.41) is 17.1. The van der Waals surface area contributed by atoms with E-state index in [0.717, 1.165) is 4.90 Å². The van der Waals surface area contributed by atoms with E-state index in [4.69, 9.17) is 22.0 Å². The highest BCUT2D eigenvalue weighted by Crippen LogP contribution is 2.15. The molecule has 0 unspecified atom stereocenters. The van der Waals surface area contributed by atoms with E-state index in [1.807, 2.05) is 12.1 Å². The molecule has 1 rings (SSSR count). The number of nitriles is 2. The second-order valence-corrected chi connectivity index (χ2v) is 3.37. The van der Waals surface area contributed by atoms with E-state index in [2.05, 4.69) is 0 Å². The molecule has 0 spiro atoms. The number of hydrogen-bond donors (Lipinski definition) is 2. The van der Waals surface area contributed by atoms with Crippen molar-refractivity contribution in [2.24, 2.45) is 0 Å². The third kappa shape index (κ3) is 3.11. The van der Waals surface area contributed by atoms with Crippen molar-refractivity contribution >= 4 is 17.3 Å². The van der Waals surface area contributed by atoms with Crippen LogP contribution >= 0.6 is 0 Å². The predicted molar refractivity (Wildman–Crippen MR) is 62.4 cm³/mol. The van der Waals surface area contributed by atoms with Gasteiger partial charge in [-0.1, -0.05) is 0 Å². The van der Waals surface area contributed by atoms with Crippen LogP contribution in [0.5, 0.6) is 0 Å². The molecule has 0 aromatic heterocycles. The second-order valence-electron chi connectivity index (χ2n) is 3.37. The average molecular weight is 229 g/mol. The Bertz CT molecular complexity index is 475. The van der Waals surface area contributed by atoms with Gasteiger partial charge in [-0.15, -0.1) is 0 Å². The molecule has 4 N–H and O–H groups in total. The fourth-order valence-corrected chi connectivity index (χ4v) is 1.35. The Kier molecular flexibility index (Phi) is 3.91. The standard InChI is InChI=1S/C11H11N5O/c12-1-3-16(4-2-13)11(17)8-5-9(14)7-10(15)6-8/h5-7H,3-4,14-15H2. The van der Waals surface area contributed by atoms with E-state index < -0.39 is 5.91 Å². The summed E-state index contributed by atoms with van der Waals surface area (Å²) in [6.45, 7) is -0.303. The van der Waals surface area contributed by atoms with Crippen molar-refractivity contribution in [3.63, 3.8) is 0 Å². The van der Waals surface area contributed by atoms with Gasteiger partial charge in [0.2, 0.25) is 0 Å². The maximum Gasteiger partial charge on any atom is 0.255 e. The SMILES string of the molecule is N#CCN(CC#N)C(=O)c1cc(N)cc(N)c1. The molecule has 1 amide bonds. The maximum absolute atomic E-state index is 11.9. The van der Waals surface area contributed by atoms with Gasteiger partial charge in [0.05, 0.1) is 12.1 Å². The van der Waals surface area contributed by atoms with Crippen LogP contribution in [0, 0.1) is 22.7 Å². The molecule has 86 valence electrons. The highest BCUT2D eigenvalue weighted by molar-refractivity contribution is 5.96. The van der Waals surface area contributed by atoms with Gasteiger partial charge in [-0.25, -0.2) is 0 Å². The monoisotopic (exact) mass is 229 g/mol. The second kappa shape index (κ2) is 5.38. The zero-order valence-corrected chi connectivity index (χ0v) is 9.05. The highest BCUT2D eigenvalue weighted by Gasteiger charge is 2.15. The number of nitrogens with zero attached hydrogens (tertiary/aromatic N) is 3. The van der Waals surface area contributed by atoms with E-state index >= 15 is 0 Å². The first-order valence-electron chi connectivity index (χ1n) is 4.77. The summed E-state index contributed by atoms with van der Waals surface area (Å²) in [5.74, 6) is -0.438. The number of nitrogens with two attached hydrogens (primary N) is 2. The van der Waals surface area contributed by atoms with E-state index in [1.54, 1.807) is 0 Å². The summed E-state index contributed by atoms with van der Waals surface area (Å²) in [6.07, 6.45) is 0. The summed E-state index contributed by atoms with van der Waals surface area (Å²) in [7, 11) is 0. The Hall–Kier alpha value is -2.73. The first-order valence-corrected chi connectivity index (χ1v) is 4.77. The number of carbonyl (C=O) groups excluding carboxylic acids is 1. The topological polar surface area (TPSA) is 120 Å². The first-order chi connectivity index (χ1) is 8.08. The third-order valence-electron chi connectivity index (χ3n) is 2.03. The van der Waals surface area contributed by atoms with E-state index in [9.17, 15) is 4.79 Å². The van der Waals surface area contributed by atoms with Gasteiger partial charge >= 0.3 is 0 Å². The Morgan fingerprint density at radius 2 is 1.59 bits per heavy atom. The molecule has 0 saturated carbocycles. The lowest BCUT2D eigenvalue weighted by Crippen LogP contribution is -2.31. The van der Waals surface area contributed by atoms with Crippen molar-refractivity contribution < 1.29 is 4.79 Å². The minimum Gasteiger partial charge on any atom is -0.399 e. The van der Waals surface area contributed by atoms with Crippen molar-refractivity contribution in [3.05, 3.63) is 23.8 Å². The molecule has 6 nitrogen and oxygen atoms in total. The van der Waals surface area contributed by atoms with Crippen molar-refractivity contribution in [1.29, 1.82) is 10.5 Å². The summed E-state index contributed by atoms with van der Waals surface area (Å²) < 4.78 is 0. The van der Waals surface area contributed by atoms with Gasteiger partial charge in [0.15, 0.2) is 0 Å². The molecular weight excluding hydrogens is 218 g/mol. The molecular formula is C11H11N5O. The summed E-state index contributed by atoms with van der Waals surface area (Å²) in [5.41, 5.74) is 12.1. The van der Waals surface area contributed by atoms with Crippen molar-refractivity contribution in [1.82, 2.24) is 4.90 Å². The molecule has 0 heterocycles. The summed E-state index contributed by atoms with van der Waals surface area (Å²) in [4.78, 5) is 13.1. The fourth-order valence-electron chi connectivity index (χ4n) is 1.35. The number of nitrogen functional groups attached to an aromatic ring is 2. The normalized spacial score (nSPS) is 9.06. The molecule has 0 aliphatic rings.